The Morgan fingerprint density at radius 3 is 2.81 bits per heavy atom. The molecule has 0 unspecified atom stereocenters. The molecule has 6 heteroatoms. The van der Waals surface area contributed by atoms with E-state index in [1.165, 1.54) is 0 Å². The maximum Gasteiger partial charge on any atom is 0.253 e. The SMILES string of the molecule is CN(C)c1cc(C(=O)N[C@@H](C#N)CO)c2ccccc2n1. The number of para-hydroxylation sites is 1. The monoisotopic (exact) mass is 284 g/mol. The number of hydrogen-bond acceptors (Lipinski definition) is 5. The van der Waals surface area contributed by atoms with Gasteiger partial charge >= 0.3 is 0 Å². The molecule has 1 aromatic carbocycles. The van der Waals surface area contributed by atoms with Crippen LogP contribution in [0.3, 0.4) is 0 Å². The van der Waals surface area contributed by atoms with Gasteiger partial charge in [0.25, 0.3) is 5.91 Å². The van der Waals surface area contributed by atoms with Crippen molar-refractivity contribution in [3.63, 3.8) is 0 Å². The fourth-order valence-corrected chi connectivity index (χ4v) is 1.93. The first-order valence-electron chi connectivity index (χ1n) is 6.45. The number of carbonyl (C=O) groups excluding carboxylic acids is 1. The van der Waals surface area contributed by atoms with Crippen molar-refractivity contribution < 1.29 is 9.90 Å². The highest BCUT2D eigenvalue weighted by Gasteiger charge is 2.16. The van der Waals surface area contributed by atoms with Gasteiger partial charge in [0.2, 0.25) is 0 Å². The molecular weight excluding hydrogens is 268 g/mol. The van der Waals surface area contributed by atoms with Gasteiger partial charge in [-0.2, -0.15) is 5.26 Å². The van der Waals surface area contributed by atoms with E-state index in [0.717, 1.165) is 0 Å². The first-order chi connectivity index (χ1) is 10.1. The number of anilines is 1. The smallest absolute Gasteiger partial charge is 0.253 e. The van der Waals surface area contributed by atoms with Crippen molar-refractivity contribution in [1.82, 2.24) is 10.3 Å². The Morgan fingerprint density at radius 2 is 2.19 bits per heavy atom. The topological polar surface area (TPSA) is 89.2 Å². The van der Waals surface area contributed by atoms with Gasteiger partial charge in [-0.3, -0.25) is 4.79 Å². The van der Waals surface area contributed by atoms with E-state index in [1.54, 1.807) is 17.0 Å². The first-order valence-corrected chi connectivity index (χ1v) is 6.45. The molecule has 0 aliphatic carbocycles. The molecule has 1 atom stereocenters. The normalized spacial score (nSPS) is 11.7. The molecular formula is C15H16N4O2. The average Bonchev–Trinajstić information content (AvgIpc) is 2.51. The van der Waals surface area contributed by atoms with E-state index in [2.05, 4.69) is 10.3 Å². The Labute approximate surface area is 122 Å². The summed E-state index contributed by atoms with van der Waals surface area (Å²) in [5, 5.41) is 21.1. The molecule has 0 fully saturated rings. The molecule has 0 radical (unpaired) electrons. The highest BCUT2D eigenvalue weighted by molar-refractivity contribution is 6.07. The summed E-state index contributed by atoms with van der Waals surface area (Å²) in [4.78, 5) is 18.6. The highest BCUT2D eigenvalue weighted by atomic mass is 16.3. The predicted octanol–water partition coefficient (Wildman–Crippen LogP) is 0.915. The molecule has 2 rings (SSSR count). The van der Waals surface area contributed by atoms with E-state index < -0.39 is 18.6 Å². The molecule has 1 aromatic heterocycles. The number of amides is 1. The number of hydrogen-bond donors (Lipinski definition) is 2. The van der Waals surface area contributed by atoms with Crippen LogP contribution in [-0.2, 0) is 0 Å². The van der Waals surface area contributed by atoms with Crippen LogP contribution in [0, 0.1) is 11.3 Å². The van der Waals surface area contributed by atoms with E-state index >= 15 is 0 Å². The van der Waals surface area contributed by atoms with Gasteiger partial charge in [-0.15, -0.1) is 0 Å². The highest BCUT2D eigenvalue weighted by Crippen LogP contribution is 2.22. The third-order valence-corrected chi connectivity index (χ3v) is 3.05. The number of aliphatic hydroxyl groups excluding tert-OH is 1. The van der Waals surface area contributed by atoms with Crippen LogP contribution in [0.2, 0.25) is 0 Å². The summed E-state index contributed by atoms with van der Waals surface area (Å²) in [5.74, 6) is 0.244. The zero-order chi connectivity index (χ0) is 15.4. The van der Waals surface area contributed by atoms with Gasteiger partial charge in [-0.05, 0) is 12.1 Å². The van der Waals surface area contributed by atoms with Crippen LogP contribution in [-0.4, -0.2) is 42.7 Å². The summed E-state index contributed by atoms with van der Waals surface area (Å²) < 4.78 is 0. The molecule has 0 saturated heterocycles. The van der Waals surface area contributed by atoms with E-state index in [1.807, 2.05) is 38.4 Å². The summed E-state index contributed by atoms with van der Waals surface area (Å²) in [6.07, 6.45) is 0. The van der Waals surface area contributed by atoms with Gasteiger partial charge in [-0.25, -0.2) is 4.98 Å². The minimum absolute atomic E-state index is 0.405. The lowest BCUT2D eigenvalue weighted by molar-refractivity contribution is 0.0932. The average molecular weight is 284 g/mol. The van der Waals surface area contributed by atoms with E-state index in [0.29, 0.717) is 22.3 Å². The van der Waals surface area contributed by atoms with Crippen molar-refractivity contribution in [3.05, 3.63) is 35.9 Å². The van der Waals surface area contributed by atoms with Crippen LogP contribution < -0.4 is 10.2 Å². The van der Waals surface area contributed by atoms with Crippen molar-refractivity contribution in [3.8, 4) is 6.07 Å². The maximum absolute atomic E-state index is 12.3. The fraction of sp³-hybridized carbons (Fsp3) is 0.267. The van der Waals surface area contributed by atoms with Gasteiger partial charge < -0.3 is 15.3 Å². The second-order valence-electron chi connectivity index (χ2n) is 4.78. The quantitative estimate of drug-likeness (QED) is 0.871. The summed E-state index contributed by atoms with van der Waals surface area (Å²) in [7, 11) is 3.68. The molecule has 0 saturated carbocycles. The van der Waals surface area contributed by atoms with Gasteiger partial charge in [0.05, 0.1) is 23.8 Å². The second kappa shape index (κ2) is 6.20. The zero-order valence-corrected chi connectivity index (χ0v) is 11.9. The Hall–Kier alpha value is -2.65. The second-order valence-corrected chi connectivity index (χ2v) is 4.78. The lowest BCUT2D eigenvalue weighted by Crippen LogP contribution is -2.36. The van der Waals surface area contributed by atoms with Crippen LogP contribution in [0.15, 0.2) is 30.3 Å². The zero-order valence-electron chi connectivity index (χ0n) is 11.9. The van der Waals surface area contributed by atoms with Gasteiger partial charge in [0, 0.05) is 19.5 Å². The standard InChI is InChI=1S/C15H16N4O2/c1-19(2)14-7-12(15(21)17-10(8-16)9-20)11-5-3-4-6-13(11)18-14/h3-7,10,20H,9H2,1-2H3,(H,17,21)/t10-/m0/s1. The van der Waals surface area contributed by atoms with E-state index in [9.17, 15) is 4.79 Å². The van der Waals surface area contributed by atoms with E-state index in [-0.39, 0.29) is 0 Å². The lowest BCUT2D eigenvalue weighted by atomic mass is 10.1. The van der Waals surface area contributed by atoms with Crippen molar-refractivity contribution >= 4 is 22.6 Å². The molecule has 1 heterocycles. The number of carbonyl (C=O) groups is 1. The third kappa shape index (κ3) is 3.09. The minimum Gasteiger partial charge on any atom is -0.393 e. The molecule has 108 valence electrons. The van der Waals surface area contributed by atoms with Crippen LogP contribution in [0.25, 0.3) is 10.9 Å². The van der Waals surface area contributed by atoms with Crippen molar-refractivity contribution in [2.75, 3.05) is 25.6 Å². The van der Waals surface area contributed by atoms with Gasteiger partial charge in [0.15, 0.2) is 0 Å². The third-order valence-electron chi connectivity index (χ3n) is 3.05. The number of benzene rings is 1. The van der Waals surface area contributed by atoms with Crippen molar-refractivity contribution in [2.45, 2.75) is 6.04 Å². The Bertz CT molecular complexity index is 706. The number of nitrogens with one attached hydrogen (secondary N) is 1. The van der Waals surface area contributed by atoms with Crippen molar-refractivity contribution in [1.29, 1.82) is 5.26 Å². The number of nitrogens with zero attached hydrogens (tertiary/aromatic N) is 3. The minimum atomic E-state index is -0.924. The van der Waals surface area contributed by atoms with Crippen LogP contribution in [0.4, 0.5) is 5.82 Å². The van der Waals surface area contributed by atoms with Gasteiger partial charge in [-0.1, -0.05) is 18.2 Å². The molecule has 1 amide bonds. The molecule has 0 aliphatic heterocycles. The molecule has 6 nitrogen and oxygen atoms in total. The van der Waals surface area contributed by atoms with Crippen LogP contribution in [0.5, 0.6) is 0 Å². The molecule has 21 heavy (non-hydrogen) atoms. The number of rotatable bonds is 4. The van der Waals surface area contributed by atoms with Crippen LogP contribution in [0.1, 0.15) is 10.4 Å². The fourth-order valence-electron chi connectivity index (χ4n) is 1.93. The number of fused-ring (bicyclic) bond motifs is 1. The Balaban J connectivity index is 2.51. The molecule has 2 N–H and O–H groups in total. The van der Waals surface area contributed by atoms with Crippen LogP contribution >= 0.6 is 0 Å². The summed E-state index contributed by atoms with van der Waals surface area (Å²) >= 11 is 0. The number of aromatic nitrogens is 1. The molecule has 0 bridgehead atoms. The molecule has 0 spiro atoms. The summed E-state index contributed by atoms with van der Waals surface area (Å²) in [6.45, 7) is -0.425. The Morgan fingerprint density at radius 1 is 1.48 bits per heavy atom. The van der Waals surface area contributed by atoms with E-state index in [4.69, 9.17) is 10.4 Å². The van der Waals surface area contributed by atoms with Crippen molar-refractivity contribution in [2.24, 2.45) is 0 Å². The number of nitriles is 1. The first kappa shape index (κ1) is 14.8. The summed E-state index contributed by atoms with van der Waals surface area (Å²) in [5.41, 5.74) is 1.13. The van der Waals surface area contributed by atoms with Gasteiger partial charge in [0.1, 0.15) is 11.9 Å². The summed E-state index contributed by atoms with van der Waals surface area (Å²) in [6, 6.07) is 9.88. The Kier molecular flexibility index (Phi) is 4.36. The predicted molar refractivity (Wildman–Crippen MR) is 80.0 cm³/mol. The molecule has 2 aromatic rings. The maximum atomic E-state index is 12.3. The largest absolute Gasteiger partial charge is 0.393 e. The number of aliphatic hydroxyl groups is 1. The number of pyridine rings is 1. The molecule has 0 aliphatic rings. The lowest BCUT2D eigenvalue weighted by Gasteiger charge is -2.15.